The standard InChI is InChI=1S/C32H40O8/c1-16-8-9-22(38-27(16)35)18(3)20-10-12-30(7)21(17(20)2)15-31(36)24(30)14-23(37-19(4)33)26-29(5,6)39-25(34)11-13-32(26)28(31)40-32/h8,10-11,13,18,21-24,26,28,36H,2,9,12,14-15H2,1,3-7H3/t18-,21+,22-,23-,24+,26+,28-,30-,31-,32+/m1/s1. The molecule has 3 heterocycles. The summed E-state index contributed by atoms with van der Waals surface area (Å²) in [6, 6.07) is 0. The zero-order valence-electron chi connectivity index (χ0n) is 24.2. The zero-order chi connectivity index (χ0) is 29.0. The van der Waals surface area contributed by atoms with Crippen LogP contribution in [0.4, 0.5) is 0 Å². The van der Waals surface area contributed by atoms with Crippen molar-refractivity contribution in [1.82, 2.24) is 0 Å². The van der Waals surface area contributed by atoms with Gasteiger partial charge in [0.05, 0.1) is 11.5 Å². The van der Waals surface area contributed by atoms with Gasteiger partial charge in [-0.3, -0.25) is 4.79 Å². The van der Waals surface area contributed by atoms with Gasteiger partial charge >= 0.3 is 17.9 Å². The lowest BCUT2D eigenvalue weighted by Crippen LogP contribution is -2.51. The van der Waals surface area contributed by atoms with Crippen LogP contribution in [0.15, 0.2) is 47.6 Å². The number of cyclic esters (lactones) is 2. The van der Waals surface area contributed by atoms with Crippen LogP contribution in [-0.2, 0) is 33.3 Å². The summed E-state index contributed by atoms with van der Waals surface area (Å²) < 4.78 is 24.0. The molecule has 8 heteroatoms. The third kappa shape index (κ3) is 3.74. The van der Waals surface area contributed by atoms with Gasteiger partial charge in [0.25, 0.3) is 0 Å². The van der Waals surface area contributed by atoms with Crippen LogP contribution in [-0.4, -0.2) is 58.1 Å². The normalized spacial score (nSPS) is 45.6. The van der Waals surface area contributed by atoms with Crippen LogP contribution in [0, 0.1) is 29.1 Å². The van der Waals surface area contributed by atoms with Crippen LogP contribution in [0.5, 0.6) is 0 Å². The van der Waals surface area contributed by atoms with Gasteiger partial charge in [-0.25, -0.2) is 9.59 Å². The average Bonchev–Trinajstić information content (AvgIpc) is 3.56. The Morgan fingerprint density at radius 3 is 2.62 bits per heavy atom. The van der Waals surface area contributed by atoms with Crippen molar-refractivity contribution < 1.29 is 38.4 Å². The van der Waals surface area contributed by atoms with E-state index in [-0.39, 0.29) is 35.2 Å². The van der Waals surface area contributed by atoms with Gasteiger partial charge in [-0.1, -0.05) is 32.6 Å². The van der Waals surface area contributed by atoms with Crippen molar-refractivity contribution in [2.45, 2.75) is 102 Å². The topological polar surface area (TPSA) is 112 Å². The van der Waals surface area contributed by atoms with Crippen molar-refractivity contribution in [2.24, 2.45) is 29.1 Å². The van der Waals surface area contributed by atoms with Gasteiger partial charge in [0.2, 0.25) is 0 Å². The Morgan fingerprint density at radius 1 is 1.23 bits per heavy atom. The van der Waals surface area contributed by atoms with E-state index in [1.54, 1.807) is 13.0 Å². The minimum absolute atomic E-state index is 0.0409. The van der Waals surface area contributed by atoms with Crippen molar-refractivity contribution in [1.29, 1.82) is 0 Å². The fraction of sp³-hybridized carbons (Fsp3) is 0.656. The predicted octanol–water partition coefficient (Wildman–Crippen LogP) is 4.12. The van der Waals surface area contributed by atoms with E-state index >= 15 is 0 Å². The smallest absolute Gasteiger partial charge is 0.333 e. The summed E-state index contributed by atoms with van der Waals surface area (Å²) >= 11 is 0. The molecule has 1 N–H and O–H groups in total. The molecule has 0 amide bonds. The summed E-state index contributed by atoms with van der Waals surface area (Å²) in [6.45, 7) is 15.6. The van der Waals surface area contributed by atoms with E-state index in [0.29, 0.717) is 31.3 Å². The van der Waals surface area contributed by atoms with E-state index in [2.05, 4.69) is 26.5 Å². The molecule has 2 saturated carbocycles. The SMILES string of the molecule is C=C1C([C@@H](C)[C@H]2CC=C(C)C(=O)O2)=CC[C@]2(C)[C@H]1C[C@]1(O)[C@H]3O[C@]34C=CC(=O)OC(C)(C)[C@@H]4[C@H](OC(C)=O)C[C@@H]21. The highest BCUT2D eigenvalue weighted by Gasteiger charge is 2.80. The van der Waals surface area contributed by atoms with Crippen LogP contribution in [0.2, 0.25) is 0 Å². The largest absolute Gasteiger partial charge is 0.462 e. The Kier molecular flexibility index (Phi) is 5.94. The average molecular weight is 553 g/mol. The van der Waals surface area contributed by atoms with E-state index in [0.717, 1.165) is 11.1 Å². The summed E-state index contributed by atoms with van der Waals surface area (Å²) in [6.07, 6.45) is 7.97. The Bertz CT molecular complexity index is 1290. The monoisotopic (exact) mass is 552 g/mol. The number of epoxide rings is 1. The molecule has 0 aromatic heterocycles. The zero-order valence-corrected chi connectivity index (χ0v) is 24.2. The number of hydrogen-bond acceptors (Lipinski definition) is 8. The molecule has 0 unspecified atom stereocenters. The fourth-order valence-corrected chi connectivity index (χ4v) is 9.05. The van der Waals surface area contributed by atoms with Crippen LogP contribution < -0.4 is 0 Å². The van der Waals surface area contributed by atoms with Crippen LogP contribution >= 0.6 is 0 Å². The Labute approximate surface area is 235 Å². The van der Waals surface area contributed by atoms with E-state index in [1.807, 2.05) is 19.9 Å². The molecule has 8 nitrogen and oxygen atoms in total. The molecule has 0 aromatic carbocycles. The first-order chi connectivity index (χ1) is 18.6. The Hall–Kier alpha value is -2.71. The predicted molar refractivity (Wildman–Crippen MR) is 144 cm³/mol. The van der Waals surface area contributed by atoms with E-state index in [1.165, 1.54) is 13.0 Å². The molecule has 3 aliphatic carbocycles. The summed E-state index contributed by atoms with van der Waals surface area (Å²) in [4.78, 5) is 37.1. The van der Waals surface area contributed by atoms with Gasteiger partial charge in [-0.05, 0) is 68.6 Å². The molecule has 3 aliphatic heterocycles. The maximum atomic E-state index is 12.6. The molecule has 6 aliphatic rings. The van der Waals surface area contributed by atoms with Crippen molar-refractivity contribution in [3.63, 3.8) is 0 Å². The summed E-state index contributed by atoms with van der Waals surface area (Å²) in [5.41, 5.74) is -0.921. The van der Waals surface area contributed by atoms with Gasteiger partial charge in [0.15, 0.2) is 0 Å². The van der Waals surface area contributed by atoms with Gasteiger partial charge in [-0.15, -0.1) is 0 Å². The molecule has 216 valence electrons. The van der Waals surface area contributed by atoms with Crippen molar-refractivity contribution in [3.8, 4) is 0 Å². The first kappa shape index (κ1) is 27.5. The van der Waals surface area contributed by atoms with Crippen molar-refractivity contribution in [3.05, 3.63) is 47.6 Å². The van der Waals surface area contributed by atoms with E-state index in [4.69, 9.17) is 18.9 Å². The second kappa shape index (κ2) is 8.65. The quantitative estimate of drug-likeness (QED) is 0.316. The molecule has 1 spiro atoms. The number of fused-ring (bicyclic) bond motifs is 4. The van der Waals surface area contributed by atoms with E-state index < -0.39 is 46.9 Å². The maximum absolute atomic E-state index is 12.6. The van der Waals surface area contributed by atoms with Crippen LogP contribution in [0.25, 0.3) is 0 Å². The van der Waals surface area contributed by atoms with Gasteiger partial charge in [-0.2, -0.15) is 0 Å². The first-order valence-electron chi connectivity index (χ1n) is 14.4. The second-order valence-corrected chi connectivity index (χ2v) is 13.6. The first-order valence-corrected chi connectivity index (χ1v) is 14.4. The van der Waals surface area contributed by atoms with Crippen LogP contribution in [0.3, 0.4) is 0 Å². The molecule has 0 bridgehead atoms. The number of aliphatic hydroxyl groups is 1. The lowest BCUT2D eigenvalue weighted by atomic mass is 9.61. The number of allylic oxidation sites excluding steroid dienone is 2. The third-order valence-corrected chi connectivity index (χ3v) is 10.9. The Morgan fingerprint density at radius 2 is 1.95 bits per heavy atom. The van der Waals surface area contributed by atoms with Gasteiger partial charge in [0, 0.05) is 36.8 Å². The van der Waals surface area contributed by atoms with Gasteiger partial charge in [0.1, 0.15) is 29.5 Å². The minimum atomic E-state index is -1.23. The number of carbonyl (C=O) groups excluding carboxylic acids is 3. The number of carbonyl (C=O) groups is 3. The maximum Gasteiger partial charge on any atom is 0.333 e. The highest BCUT2D eigenvalue weighted by atomic mass is 16.6. The molecular formula is C32H40O8. The van der Waals surface area contributed by atoms with E-state index in [9.17, 15) is 19.5 Å². The molecule has 0 radical (unpaired) electrons. The molecule has 0 aromatic rings. The molecule has 6 rings (SSSR count). The third-order valence-electron chi connectivity index (χ3n) is 10.9. The second-order valence-electron chi connectivity index (χ2n) is 13.6. The molecule has 10 atom stereocenters. The molecule has 3 fully saturated rings. The number of rotatable bonds is 3. The molecule has 1 saturated heterocycles. The highest BCUT2D eigenvalue weighted by Crippen LogP contribution is 2.71. The number of hydrogen-bond donors (Lipinski definition) is 1. The summed E-state index contributed by atoms with van der Waals surface area (Å²) in [7, 11) is 0. The number of ether oxygens (including phenoxy) is 4. The molecule has 40 heavy (non-hydrogen) atoms. The lowest BCUT2D eigenvalue weighted by Gasteiger charge is -2.45. The van der Waals surface area contributed by atoms with Gasteiger partial charge < -0.3 is 24.1 Å². The fourth-order valence-electron chi connectivity index (χ4n) is 9.05. The highest BCUT2D eigenvalue weighted by molar-refractivity contribution is 5.88. The summed E-state index contributed by atoms with van der Waals surface area (Å²) in [5, 5.41) is 12.6. The van der Waals surface area contributed by atoms with Crippen molar-refractivity contribution >= 4 is 17.9 Å². The molecular weight excluding hydrogens is 512 g/mol. The summed E-state index contributed by atoms with van der Waals surface area (Å²) in [5.74, 6) is -2.01. The minimum Gasteiger partial charge on any atom is -0.462 e. The number of esters is 3. The lowest BCUT2D eigenvalue weighted by molar-refractivity contribution is -0.174. The van der Waals surface area contributed by atoms with Crippen molar-refractivity contribution in [2.75, 3.05) is 0 Å². The Balaban J connectivity index is 1.38. The van der Waals surface area contributed by atoms with Crippen LogP contribution in [0.1, 0.15) is 67.2 Å².